The molecule has 5 nitrogen and oxygen atoms in total. The fourth-order valence-corrected chi connectivity index (χ4v) is 1.50. The topological polar surface area (TPSA) is 76.0 Å². The molecule has 86 valence electrons. The van der Waals surface area contributed by atoms with E-state index in [1.165, 1.54) is 6.20 Å². The fraction of sp³-hybridized carbons (Fsp3) is 0.167. The van der Waals surface area contributed by atoms with Gasteiger partial charge in [-0.15, -0.1) is 0 Å². The Labute approximate surface area is 98.2 Å². The minimum atomic E-state index is -1.00. The van der Waals surface area contributed by atoms with Crippen molar-refractivity contribution in [2.24, 2.45) is 0 Å². The fourth-order valence-electron chi connectivity index (χ4n) is 1.50. The lowest BCUT2D eigenvalue weighted by atomic mass is 10.2. The van der Waals surface area contributed by atoms with Crippen molar-refractivity contribution in [1.82, 2.24) is 15.0 Å². The summed E-state index contributed by atoms with van der Waals surface area (Å²) in [6, 6.07) is 3.62. The molecule has 0 amide bonds. The summed E-state index contributed by atoms with van der Waals surface area (Å²) in [5.41, 5.74) is 1.46. The molecule has 2 aromatic rings. The summed E-state index contributed by atoms with van der Waals surface area (Å²) in [6.45, 7) is 1.86. The molecule has 2 heterocycles. The second kappa shape index (κ2) is 4.69. The number of carboxylic acid groups (broad SMARTS) is 1. The molecule has 0 saturated carbocycles. The number of aromatic carboxylic acids is 1. The van der Waals surface area contributed by atoms with Gasteiger partial charge in [-0.05, 0) is 18.6 Å². The average Bonchev–Trinajstić information content (AvgIpc) is 2.39. The Morgan fingerprint density at radius 2 is 2.24 bits per heavy atom. The van der Waals surface area contributed by atoms with Gasteiger partial charge in [0.2, 0.25) is 0 Å². The van der Waals surface area contributed by atoms with Crippen molar-refractivity contribution in [3.63, 3.8) is 0 Å². The molecule has 17 heavy (non-hydrogen) atoms. The van der Waals surface area contributed by atoms with Crippen LogP contribution in [0.15, 0.2) is 30.7 Å². The zero-order valence-electron chi connectivity index (χ0n) is 9.29. The molecular formula is C12H11N3O2. The summed E-state index contributed by atoms with van der Waals surface area (Å²) in [4.78, 5) is 23.2. The number of carbonyl (C=O) groups is 1. The van der Waals surface area contributed by atoms with E-state index in [0.717, 1.165) is 5.56 Å². The summed E-state index contributed by atoms with van der Waals surface area (Å²) in [6.07, 6.45) is 5.21. The van der Waals surface area contributed by atoms with Crippen LogP contribution in [0.3, 0.4) is 0 Å². The number of nitrogens with zero attached hydrogens (tertiary/aromatic N) is 3. The van der Waals surface area contributed by atoms with E-state index in [1.807, 2.05) is 13.0 Å². The highest BCUT2D eigenvalue weighted by atomic mass is 16.4. The van der Waals surface area contributed by atoms with Gasteiger partial charge in [-0.25, -0.2) is 14.8 Å². The lowest BCUT2D eigenvalue weighted by Gasteiger charge is -2.05. The molecule has 0 bridgehead atoms. The Bertz CT molecular complexity index is 541. The van der Waals surface area contributed by atoms with Gasteiger partial charge in [0, 0.05) is 24.2 Å². The molecule has 0 fully saturated rings. The predicted octanol–water partition coefficient (Wildman–Crippen LogP) is 1.80. The Kier molecular flexibility index (Phi) is 3.09. The molecular weight excluding hydrogens is 218 g/mol. The van der Waals surface area contributed by atoms with Crippen LogP contribution in [-0.4, -0.2) is 26.0 Å². The molecule has 0 atom stereocenters. The molecule has 0 unspecified atom stereocenters. The van der Waals surface area contributed by atoms with Gasteiger partial charge in [-0.2, -0.15) is 0 Å². The van der Waals surface area contributed by atoms with Crippen LogP contribution in [-0.2, 0) is 6.42 Å². The first-order valence-electron chi connectivity index (χ1n) is 5.22. The van der Waals surface area contributed by atoms with Crippen molar-refractivity contribution in [3.05, 3.63) is 42.0 Å². The molecule has 0 aliphatic heterocycles. The molecule has 5 heteroatoms. The van der Waals surface area contributed by atoms with Crippen LogP contribution in [0.25, 0.3) is 11.4 Å². The smallest absolute Gasteiger partial charge is 0.339 e. The number of hydrogen-bond acceptors (Lipinski definition) is 4. The van der Waals surface area contributed by atoms with E-state index < -0.39 is 5.97 Å². The van der Waals surface area contributed by atoms with E-state index in [1.54, 1.807) is 18.5 Å². The normalized spacial score (nSPS) is 10.2. The third-order valence-electron chi connectivity index (χ3n) is 2.35. The third-order valence-corrected chi connectivity index (χ3v) is 2.35. The molecule has 0 saturated heterocycles. The summed E-state index contributed by atoms with van der Waals surface area (Å²) < 4.78 is 0. The highest BCUT2D eigenvalue weighted by Gasteiger charge is 2.12. The van der Waals surface area contributed by atoms with Gasteiger partial charge in [-0.1, -0.05) is 6.92 Å². The van der Waals surface area contributed by atoms with E-state index in [4.69, 9.17) is 5.11 Å². The monoisotopic (exact) mass is 229 g/mol. The first-order chi connectivity index (χ1) is 8.22. The Morgan fingerprint density at radius 3 is 2.82 bits per heavy atom. The number of aryl methyl sites for hydroxylation is 1. The number of rotatable bonds is 3. The van der Waals surface area contributed by atoms with E-state index in [0.29, 0.717) is 17.9 Å². The van der Waals surface area contributed by atoms with Crippen LogP contribution in [0.4, 0.5) is 0 Å². The van der Waals surface area contributed by atoms with E-state index in [-0.39, 0.29) is 5.56 Å². The van der Waals surface area contributed by atoms with Crippen LogP contribution in [0.1, 0.15) is 23.0 Å². The van der Waals surface area contributed by atoms with Crippen molar-refractivity contribution in [3.8, 4) is 11.4 Å². The van der Waals surface area contributed by atoms with Crippen LogP contribution < -0.4 is 0 Å². The second-order valence-corrected chi connectivity index (χ2v) is 3.45. The molecule has 0 aliphatic carbocycles. The summed E-state index contributed by atoms with van der Waals surface area (Å²) in [7, 11) is 0. The van der Waals surface area contributed by atoms with E-state index in [9.17, 15) is 4.79 Å². The molecule has 0 aliphatic rings. The van der Waals surface area contributed by atoms with Crippen molar-refractivity contribution in [2.75, 3.05) is 0 Å². The number of carboxylic acids is 1. The first kappa shape index (κ1) is 11.2. The Hall–Kier alpha value is -2.30. The highest BCUT2D eigenvalue weighted by molar-refractivity contribution is 5.88. The minimum Gasteiger partial charge on any atom is -0.478 e. The summed E-state index contributed by atoms with van der Waals surface area (Å²) >= 11 is 0. The summed E-state index contributed by atoms with van der Waals surface area (Å²) in [5.74, 6) is -0.500. The maximum Gasteiger partial charge on any atom is 0.339 e. The van der Waals surface area contributed by atoms with Crippen molar-refractivity contribution in [2.45, 2.75) is 13.3 Å². The van der Waals surface area contributed by atoms with Gasteiger partial charge >= 0.3 is 5.97 Å². The lowest BCUT2D eigenvalue weighted by Crippen LogP contribution is -2.06. The Balaban J connectivity index is 2.49. The molecule has 0 aromatic carbocycles. The van der Waals surface area contributed by atoms with Gasteiger partial charge in [0.25, 0.3) is 0 Å². The zero-order valence-corrected chi connectivity index (χ0v) is 9.29. The Morgan fingerprint density at radius 1 is 1.41 bits per heavy atom. The number of aromatic nitrogens is 3. The number of pyridine rings is 1. The SMILES string of the molecule is CCc1nc(-c2cccnc2)ncc1C(=O)O. The number of hydrogen-bond donors (Lipinski definition) is 1. The summed E-state index contributed by atoms with van der Waals surface area (Å²) in [5, 5.41) is 8.97. The van der Waals surface area contributed by atoms with Crippen molar-refractivity contribution < 1.29 is 9.90 Å². The van der Waals surface area contributed by atoms with Crippen molar-refractivity contribution in [1.29, 1.82) is 0 Å². The van der Waals surface area contributed by atoms with Gasteiger partial charge in [-0.3, -0.25) is 4.98 Å². The average molecular weight is 229 g/mol. The lowest BCUT2D eigenvalue weighted by molar-refractivity contribution is 0.0694. The maximum absolute atomic E-state index is 10.9. The molecule has 0 radical (unpaired) electrons. The molecule has 1 N–H and O–H groups in total. The zero-order chi connectivity index (χ0) is 12.3. The highest BCUT2D eigenvalue weighted by Crippen LogP contribution is 2.15. The quantitative estimate of drug-likeness (QED) is 0.868. The van der Waals surface area contributed by atoms with Gasteiger partial charge in [0.15, 0.2) is 5.82 Å². The van der Waals surface area contributed by atoms with E-state index in [2.05, 4.69) is 15.0 Å². The maximum atomic E-state index is 10.9. The molecule has 0 spiro atoms. The largest absolute Gasteiger partial charge is 0.478 e. The van der Waals surface area contributed by atoms with Gasteiger partial charge in [0.05, 0.1) is 11.3 Å². The van der Waals surface area contributed by atoms with Gasteiger partial charge in [0.1, 0.15) is 0 Å². The third kappa shape index (κ3) is 2.28. The minimum absolute atomic E-state index is 0.153. The standard InChI is InChI=1S/C12H11N3O2/c1-2-10-9(12(16)17)7-14-11(15-10)8-4-3-5-13-6-8/h3-7H,2H2,1H3,(H,16,17). The van der Waals surface area contributed by atoms with E-state index >= 15 is 0 Å². The predicted molar refractivity (Wildman–Crippen MR) is 61.6 cm³/mol. The van der Waals surface area contributed by atoms with Crippen LogP contribution >= 0.6 is 0 Å². The van der Waals surface area contributed by atoms with Crippen LogP contribution in [0.2, 0.25) is 0 Å². The van der Waals surface area contributed by atoms with Gasteiger partial charge < -0.3 is 5.11 Å². The molecule has 2 aromatic heterocycles. The van der Waals surface area contributed by atoms with Crippen LogP contribution in [0.5, 0.6) is 0 Å². The van der Waals surface area contributed by atoms with Crippen molar-refractivity contribution >= 4 is 5.97 Å². The second-order valence-electron chi connectivity index (χ2n) is 3.45. The molecule has 2 rings (SSSR count). The first-order valence-corrected chi connectivity index (χ1v) is 5.22. The van der Waals surface area contributed by atoms with Crippen LogP contribution in [0, 0.1) is 0 Å².